The summed E-state index contributed by atoms with van der Waals surface area (Å²) >= 11 is 3.11. The fraction of sp³-hybridized carbons (Fsp3) is 0.125. The van der Waals surface area contributed by atoms with Crippen LogP contribution in [0, 0.1) is 0 Å². The summed E-state index contributed by atoms with van der Waals surface area (Å²) in [7, 11) is 3.89. The highest BCUT2D eigenvalue weighted by Gasteiger charge is 2.14. The van der Waals surface area contributed by atoms with E-state index in [1.807, 2.05) is 60.8 Å². The van der Waals surface area contributed by atoms with Gasteiger partial charge in [0.15, 0.2) is 0 Å². The molecular formula is C16H15N3OS2. The third-order valence-electron chi connectivity index (χ3n) is 3.10. The van der Waals surface area contributed by atoms with Gasteiger partial charge in [0.1, 0.15) is 10.7 Å². The van der Waals surface area contributed by atoms with Gasteiger partial charge in [-0.15, -0.1) is 22.7 Å². The zero-order chi connectivity index (χ0) is 15.5. The lowest BCUT2D eigenvalue weighted by molar-refractivity contribution is 0.102. The molecular weight excluding hydrogens is 314 g/mol. The summed E-state index contributed by atoms with van der Waals surface area (Å²) < 4.78 is 0. The number of carbonyl (C=O) groups excluding carboxylic acids is 1. The Morgan fingerprint density at radius 3 is 2.68 bits per heavy atom. The van der Waals surface area contributed by atoms with Crippen molar-refractivity contribution in [1.82, 2.24) is 4.98 Å². The number of thiophene rings is 1. The number of amides is 1. The molecule has 0 aliphatic rings. The van der Waals surface area contributed by atoms with Gasteiger partial charge in [-0.05, 0) is 23.6 Å². The molecule has 6 heteroatoms. The SMILES string of the molecule is CN(C)c1ccccc1NC(=O)c1csc(-c2cccs2)n1. The summed E-state index contributed by atoms with van der Waals surface area (Å²) in [6.07, 6.45) is 0. The molecule has 2 aromatic heterocycles. The molecule has 1 N–H and O–H groups in total. The van der Waals surface area contributed by atoms with E-state index in [1.54, 1.807) is 16.7 Å². The van der Waals surface area contributed by atoms with Gasteiger partial charge >= 0.3 is 0 Å². The molecule has 22 heavy (non-hydrogen) atoms. The van der Waals surface area contributed by atoms with Crippen LogP contribution in [0.5, 0.6) is 0 Å². The van der Waals surface area contributed by atoms with Crippen LogP contribution in [0.3, 0.4) is 0 Å². The minimum Gasteiger partial charge on any atom is -0.376 e. The van der Waals surface area contributed by atoms with Gasteiger partial charge in [0.25, 0.3) is 5.91 Å². The summed E-state index contributed by atoms with van der Waals surface area (Å²) in [5.74, 6) is -0.187. The maximum absolute atomic E-state index is 12.4. The lowest BCUT2D eigenvalue weighted by Gasteiger charge is -2.17. The minimum atomic E-state index is -0.187. The number of nitrogens with zero attached hydrogens (tertiary/aromatic N) is 2. The van der Waals surface area contributed by atoms with Gasteiger partial charge in [-0.3, -0.25) is 4.79 Å². The Kier molecular flexibility index (Phi) is 4.22. The molecule has 0 bridgehead atoms. The number of carbonyl (C=O) groups is 1. The molecule has 112 valence electrons. The third-order valence-corrected chi connectivity index (χ3v) is 4.98. The number of anilines is 2. The van der Waals surface area contributed by atoms with Crippen molar-refractivity contribution in [3.63, 3.8) is 0 Å². The van der Waals surface area contributed by atoms with Crippen LogP contribution in [-0.4, -0.2) is 25.0 Å². The first-order valence-corrected chi connectivity index (χ1v) is 8.48. The average molecular weight is 329 g/mol. The van der Waals surface area contributed by atoms with Crippen LogP contribution in [0.25, 0.3) is 9.88 Å². The van der Waals surface area contributed by atoms with Crippen molar-refractivity contribution in [2.75, 3.05) is 24.3 Å². The fourth-order valence-electron chi connectivity index (χ4n) is 2.05. The van der Waals surface area contributed by atoms with Crippen molar-refractivity contribution in [2.45, 2.75) is 0 Å². The molecule has 4 nitrogen and oxygen atoms in total. The van der Waals surface area contributed by atoms with E-state index >= 15 is 0 Å². The maximum Gasteiger partial charge on any atom is 0.275 e. The molecule has 0 fully saturated rings. The van der Waals surface area contributed by atoms with Crippen LogP contribution in [0.15, 0.2) is 47.2 Å². The Labute approximate surface area is 137 Å². The number of hydrogen-bond donors (Lipinski definition) is 1. The second-order valence-electron chi connectivity index (χ2n) is 4.88. The van der Waals surface area contributed by atoms with E-state index in [2.05, 4.69) is 10.3 Å². The summed E-state index contributed by atoms with van der Waals surface area (Å²) in [6, 6.07) is 11.7. The van der Waals surface area contributed by atoms with Crippen molar-refractivity contribution in [3.05, 3.63) is 52.9 Å². The highest BCUT2D eigenvalue weighted by atomic mass is 32.1. The van der Waals surface area contributed by atoms with Crippen molar-refractivity contribution in [2.24, 2.45) is 0 Å². The first kappa shape index (κ1) is 14.7. The average Bonchev–Trinajstić information content (AvgIpc) is 3.18. The first-order valence-electron chi connectivity index (χ1n) is 6.72. The number of hydrogen-bond acceptors (Lipinski definition) is 5. The molecule has 0 saturated heterocycles. The second-order valence-corrected chi connectivity index (χ2v) is 6.69. The van der Waals surface area contributed by atoms with E-state index in [4.69, 9.17) is 0 Å². The smallest absolute Gasteiger partial charge is 0.275 e. The molecule has 0 radical (unpaired) electrons. The topological polar surface area (TPSA) is 45.2 Å². The molecule has 0 atom stereocenters. The van der Waals surface area contributed by atoms with E-state index in [9.17, 15) is 4.79 Å². The second kappa shape index (κ2) is 6.29. The monoisotopic (exact) mass is 329 g/mol. The van der Waals surface area contributed by atoms with E-state index in [-0.39, 0.29) is 5.91 Å². The lowest BCUT2D eigenvalue weighted by Crippen LogP contribution is -2.16. The molecule has 3 aromatic rings. The van der Waals surface area contributed by atoms with Gasteiger partial charge in [0.05, 0.1) is 16.3 Å². The molecule has 0 saturated carbocycles. The largest absolute Gasteiger partial charge is 0.376 e. The molecule has 1 aromatic carbocycles. The Balaban J connectivity index is 1.81. The van der Waals surface area contributed by atoms with E-state index < -0.39 is 0 Å². The molecule has 0 spiro atoms. The number of benzene rings is 1. The van der Waals surface area contributed by atoms with Gasteiger partial charge in [-0.1, -0.05) is 18.2 Å². The molecule has 1 amide bonds. The van der Waals surface area contributed by atoms with Crippen molar-refractivity contribution >= 4 is 40.0 Å². The van der Waals surface area contributed by atoms with E-state index in [1.165, 1.54) is 11.3 Å². The number of aromatic nitrogens is 1. The summed E-state index contributed by atoms with van der Waals surface area (Å²) in [6.45, 7) is 0. The maximum atomic E-state index is 12.4. The van der Waals surface area contributed by atoms with Crippen LogP contribution in [0.4, 0.5) is 11.4 Å². The van der Waals surface area contributed by atoms with Crippen LogP contribution < -0.4 is 10.2 Å². The zero-order valence-corrected chi connectivity index (χ0v) is 13.9. The normalized spacial score (nSPS) is 10.5. The summed E-state index contributed by atoms with van der Waals surface area (Å²) in [5, 5.41) is 7.61. The summed E-state index contributed by atoms with van der Waals surface area (Å²) in [5.41, 5.74) is 2.19. The number of nitrogens with one attached hydrogen (secondary N) is 1. The third kappa shape index (κ3) is 3.03. The quantitative estimate of drug-likeness (QED) is 0.780. The minimum absolute atomic E-state index is 0.187. The van der Waals surface area contributed by atoms with Gasteiger partial charge < -0.3 is 10.2 Å². The van der Waals surface area contributed by atoms with E-state index in [0.717, 1.165) is 21.3 Å². The van der Waals surface area contributed by atoms with Crippen LogP contribution in [-0.2, 0) is 0 Å². The Morgan fingerprint density at radius 2 is 1.95 bits per heavy atom. The molecule has 0 aliphatic heterocycles. The Bertz CT molecular complexity index is 778. The Hall–Kier alpha value is -2.18. The predicted molar refractivity (Wildman–Crippen MR) is 94.1 cm³/mol. The van der Waals surface area contributed by atoms with Crippen LogP contribution in [0.1, 0.15) is 10.5 Å². The predicted octanol–water partition coefficient (Wildman–Crippen LogP) is 4.19. The molecule has 3 rings (SSSR count). The first-order chi connectivity index (χ1) is 10.6. The highest BCUT2D eigenvalue weighted by molar-refractivity contribution is 7.20. The number of thiazole rings is 1. The number of para-hydroxylation sites is 2. The standard InChI is InChI=1S/C16H15N3OS2/c1-19(2)13-7-4-3-6-11(13)17-15(20)12-10-22-16(18-12)14-8-5-9-21-14/h3-10H,1-2H3,(H,17,20). The van der Waals surface area contributed by atoms with Gasteiger partial charge in [0, 0.05) is 19.5 Å². The van der Waals surface area contributed by atoms with Crippen LogP contribution >= 0.6 is 22.7 Å². The molecule has 0 aliphatic carbocycles. The van der Waals surface area contributed by atoms with E-state index in [0.29, 0.717) is 5.69 Å². The zero-order valence-electron chi connectivity index (χ0n) is 12.2. The van der Waals surface area contributed by atoms with Crippen LogP contribution in [0.2, 0.25) is 0 Å². The highest BCUT2D eigenvalue weighted by Crippen LogP contribution is 2.29. The molecule has 2 heterocycles. The number of rotatable bonds is 4. The van der Waals surface area contributed by atoms with Crippen molar-refractivity contribution < 1.29 is 4.79 Å². The molecule has 0 unspecified atom stereocenters. The van der Waals surface area contributed by atoms with Gasteiger partial charge in [-0.2, -0.15) is 0 Å². The van der Waals surface area contributed by atoms with Crippen molar-refractivity contribution in [3.8, 4) is 9.88 Å². The fourth-order valence-corrected chi connectivity index (χ4v) is 3.66. The lowest BCUT2D eigenvalue weighted by atomic mass is 10.2. The van der Waals surface area contributed by atoms with Crippen molar-refractivity contribution in [1.29, 1.82) is 0 Å². The summed E-state index contributed by atoms with van der Waals surface area (Å²) in [4.78, 5) is 19.9. The Morgan fingerprint density at radius 1 is 1.14 bits per heavy atom. The van der Waals surface area contributed by atoms with Gasteiger partial charge in [0.2, 0.25) is 0 Å². The van der Waals surface area contributed by atoms with Gasteiger partial charge in [-0.25, -0.2) is 4.98 Å².